The van der Waals surface area contributed by atoms with Gasteiger partial charge in [0.1, 0.15) is 6.54 Å². The lowest BCUT2D eigenvalue weighted by Crippen LogP contribution is -3.12. The van der Waals surface area contributed by atoms with Gasteiger partial charge in [-0.05, 0) is 30.2 Å². The largest absolute Gasteiger partial charge is 0.463 e. The number of hydrogen-bond acceptors (Lipinski definition) is 3. The Bertz CT molecular complexity index is 1020. The number of carbonyl (C=O) groups excluding carboxylic acids is 2. The van der Waals surface area contributed by atoms with Crippen molar-refractivity contribution in [3.8, 4) is 0 Å². The maximum atomic E-state index is 12.5. The Kier molecular flexibility index (Phi) is 6.48. The highest BCUT2D eigenvalue weighted by atomic mass is 16.3. The summed E-state index contributed by atoms with van der Waals surface area (Å²) in [6, 6.07) is 21.5. The van der Waals surface area contributed by atoms with E-state index in [1.54, 1.807) is 6.26 Å². The summed E-state index contributed by atoms with van der Waals surface area (Å²) in [6.07, 6.45) is 2.63. The van der Waals surface area contributed by atoms with Crippen LogP contribution in [0.2, 0.25) is 0 Å². The van der Waals surface area contributed by atoms with Crippen molar-refractivity contribution >= 4 is 11.8 Å². The summed E-state index contributed by atoms with van der Waals surface area (Å²) in [5, 5.41) is 5.58. The minimum absolute atomic E-state index is 0.0633. The molecule has 3 aromatic rings. The van der Waals surface area contributed by atoms with Crippen molar-refractivity contribution in [2.45, 2.75) is 32.0 Å². The molecule has 4 rings (SSSR count). The molecule has 0 bridgehead atoms. The molecule has 31 heavy (non-hydrogen) atoms. The zero-order chi connectivity index (χ0) is 21.6. The summed E-state index contributed by atoms with van der Waals surface area (Å²) < 4.78 is 5.68. The molecule has 6 nitrogen and oxygen atoms in total. The normalized spacial score (nSPS) is 17.3. The van der Waals surface area contributed by atoms with Gasteiger partial charge in [0, 0.05) is 12.0 Å². The van der Waals surface area contributed by atoms with E-state index in [9.17, 15) is 9.59 Å². The minimum atomic E-state index is -0.631. The first-order valence-electron chi connectivity index (χ1n) is 10.7. The van der Waals surface area contributed by atoms with Gasteiger partial charge in [0.2, 0.25) is 0 Å². The lowest BCUT2D eigenvalue weighted by molar-refractivity contribution is -0.946. The van der Waals surface area contributed by atoms with Gasteiger partial charge in [-0.25, -0.2) is 0 Å². The third-order valence-corrected chi connectivity index (χ3v) is 5.95. The fraction of sp³-hybridized carbons (Fsp3) is 0.280. The quantitative estimate of drug-likeness (QED) is 0.536. The second-order valence-corrected chi connectivity index (χ2v) is 7.99. The van der Waals surface area contributed by atoms with Crippen molar-refractivity contribution in [3.05, 3.63) is 95.4 Å². The van der Waals surface area contributed by atoms with Crippen LogP contribution in [0.3, 0.4) is 0 Å². The number of amides is 2. The van der Waals surface area contributed by atoms with Crippen molar-refractivity contribution in [3.63, 3.8) is 0 Å². The molecule has 2 aromatic carbocycles. The molecular weight excluding hydrogens is 390 g/mol. The van der Waals surface area contributed by atoms with Gasteiger partial charge in [-0.1, -0.05) is 54.6 Å². The van der Waals surface area contributed by atoms with E-state index < -0.39 is 11.8 Å². The third kappa shape index (κ3) is 5.03. The van der Waals surface area contributed by atoms with Crippen molar-refractivity contribution in [2.75, 3.05) is 13.1 Å². The molecule has 0 fully saturated rings. The third-order valence-electron chi connectivity index (χ3n) is 5.95. The van der Waals surface area contributed by atoms with Gasteiger partial charge in [0.15, 0.2) is 11.8 Å². The number of nitrogens with one attached hydrogen (secondary N) is 3. The molecule has 3 N–H and O–H groups in total. The molecule has 0 saturated carbocycles. The monoisotopic (exact) mass is 418 g/mol. The van der Waals surface area contributed by atoms with Crippen LogP contribution < -0.4 is 15.5 Å². The van der Waals surface area contributed by atoms with Gasteiger partial charge in [-0.15, -0.1) is 0 Å². The molecule has 1 aromatic heterocycles. The highest BCUT2D eigenvalue weighted by Gasteiger charge is 2.31. The topological polar surface area (TPSA) is 75.8 Å². The van der Waals surface area contributed by atoms with E-state index in [4.69, 9.17) is 4.42 Å². The van der Waals surface area contributed by atoms with E-state index in [0.29, 0.717) is 6.54 Å². The highest BCUT2D eigenvalue weighted by Crippen LogP contribution is 2.16. The number of fused-ring (bicyclic) bond motifs is 1. The van der Waals surface area contributed by atoms with Crippen molar-refractivity contribution in [1.29, 1.82) is 0 Å². The van der Waals surface area contributed by atoms with E-state index in [1.165, 1.54) is 16.0 Å². The molecule has 0 spiro atoms. The number of rotatable bonds is 6. The molecule has 1 aliphatic heterocycles. The smallest absolute Gasteiger partial charge is 0.309 e. The van der Waals surface area contributed by atoms with Crippen LogP contribution in [0.1, 0.15) is 41.5 Å². The molecular formula is C25H28N3O3+. The SMILES string of the molecule is C[C@H](NC(=O)C(=O)NC[C@H](c1ccco1)[NH+]1CCc2ccccc2C1)c1ccccc1. The fourth-order valence-electron chi connectivity index (χ4n) is 4.20. The summed E-state index contributed by atoms with van der Waals surface area (Å²) in [5.74, 6) is -0.447. The molecule has 0 saturated heterocycles. The summed E-state index contributed by atoms with van der Waals surface area (Å²) in [6.45, 7) is 3.99. The summed E-state index contributed by atoms with van der Waals surface area (Å²) in [4.78, 5) is 26.2. The maximum absolute atomic E-state index is 12.5. The molecule has 1 unspecified atom stereocenters. The minimum Gasteiger partial charge on any atom is -0.463 e. The van der Waals surface area contributed by atoms with Crippen LogP contribution in [-0.4, -0.2) is 24.9 Å². The Labute approximate surface area is 182 Å². The summed E-state index contributed by atoms with van der Waals surface area (Å²) >= 11 is 0. The van der Waals surface area contributed by atoms with Crippen LogP contribution in [0.25, 0.3) is 0 Å². The van der Waals surface area contributed by atoms with Crippen molar-refractivity contribution in [1.82, 2.24) is 10.6 Å². The summed E-state index contributed by atoms with van der Waals surface area (Å²) in [5.41, 5.74) is 3.65. The molecule has 160 valence electrons. The predicted molar refractivity (Wildman–Crippen MR) is 117 cm³/mol. The first-order chi connectivity index (χ1) is 15.1. The second-order valence-electron chi connectivity index (χ2n) is 7.99. The number of hydrogen-bond donors (Lipinski definition) is 3. The lowest BCUT2D eigenvalue weighted by Gasteiger charge is -2.31. The van der Waals surface area contributed by atoms with Crippen LogP contribution >= 0.6 is 0 Å². The standard InChI is InChI=1S/C25H27N3O3/c1-18(19-8-3-2-4-9-19)27-25(30)24(29)26-16-22(23-12-7-15-31-23)28-14-13-20-10-5-6-11-21(20)17-28/h2-12,15,18,22H,13-14,16-17H2,1H3,(H,26,29)(H,27,30)/p+1/t18-,22+/m0/s1. The molecule has 0 aliphatic carbocycles. The van der Waals surface area contributed by atoms with Gasteiger partial charge < -0.3 is 20.0 Å². The van der Waals surface area contributed by atoms with E-state index in [0.717, 1.165) is 30.8 Å². The van der Waals surface area contributed by atoms with Crippen molar-refractivity contribution < 1.29 is 18.9 Å². The van der Waals surface area contributed by atoms with Gasteiger partial charge in [-0.2, -0.15) is 0 Å². The predicted octanol–water partition coefficient (Wildman–Crippen LogP) is 1.96. The first-order valence-corrected chi connectivity index (χ1v) is 10.7. The van der Waals surface area contributed by atoms with Gasteiger partial charge in [0.25, 0.3) is 0 Å². The Hall–Kier alpha value is -3.38. The number of quaternary nitrogens is 1. The average molecular weight is 419 g/mol. The molecule has 3 atom stereocenters. The molecule has 6 heteroatoms. The van der Waals surface area contributed by atoms with Crippen LogP contribution in [0.4, 0.5) is 0 Å². The number of benzene rings is 2. The first kappa shape index (κ1) is 20.9. The number of carbonyl (C=O) groups is 2. The fourth-order valence-corrected chi connectivity index (χ4v) is 4.20. The summed E-state index contributed by atoms with van der Waals surface area (Å²) in [7, 11) is 0. The Morgan fingerprint density at radius 1 is 0.968 bits per heavy atom. The second kappa shape index (κ2) is 9.62. The van der Waals surface area contributed by atoms with Gasteiger partial charge >= 0.3 is 11.8 Å². The van der Waals surface area contributed by atoms with Gasteiger partial charge in [0.05, 0.1) is 25.4 Å². The van der Waals surface area contributed by atoms with E-state index in [1.807, 2.05) is 49.4 Å². The van der Waals surface area contributed by atoms with Crippen LogP contribution in [0.5, 0.6) is 0 Å². The maximum Gasteiger partial charge on any atom is 0.309 e. The molecule has 2 amide bonds. The van der Waals surface area contributed by atoms with Crippen molar-refractivity contribution in [2.24, 2.45) is 0 Å². The molecule has 0 radical (unpaired) electrons. The molecule has 2 heterocycles. The number of furan rings is 1. The van der Waals surface area contributed by atoms with E-state index in [2.05, 4.69) is 34.9 Å². The zero-order valence-corrected chi connectivity index (χ0v) is 17.6. The van der Waals surface area contributed by atoms with Gasteiger partial charge in [-0.3, -0.25) is 9.59 Å². The zero-order valence-electron chi connectivity index (χ0n) is 17.6. The highest BCUT2D eigenvalue weighted by molar-refractivity contribution is 6.35. The van der Waals surface area contributed by atoms with Crippen LogP contribution in [-0.2, 0) is 22.6 Å². The lowest BCUT2D eigenvalue weighted by atomic mass is 9.98. The Morgan fingerprint density at radius 3 is 2.45 bits per heavy atom. The molecule has 1 aliphatic rings. The average Bonchev–Trinajstić information content (AvgIpc) is 3.34. The van der Waals surface area contributed by atoms with Crippen LogP contribution in [0, 0.1) is 0 Å². The Morgan fingerprint density at radius 2 is 1.71 bits per heavy atom. The van der Waals surface area contributed by atoms with E-state index in [-0.39, 0.29) is 12.1 Å². The Balaban J connectivity index is 1.39. The van der Waals surface area contributed by atoms with E-state index >= 15 is 0 Å². The van der Waals surface area contributed by atoms with Crippen LogP contribution in [0.15, 0.2) is 77.4 Å².